The SMILES string of the molecule is CC(C)(C)CC(O)CNc1ncncc1C(=O)O. The molecule has 1 unspecified atom stereocenters. The van der Waals surface area contributed by atoms with E-state index in [1.165, 1.54) is 12.5 Å². The molecular formula is C12H19N3O3. The van der Waals surface area contributed by atoms with Crippen molar-refractivity contribution in [1.82, 2.24) is 9.97 Å². The Hall–Kier alpha value is -1.69. The van der Waals surface area contributed by atoms with Gasteiger partial charge in [0.25, 0.3) is 0 Å². The molecule has 3 N–H and O–H groups in total. The number of aromatic nitrogens is 2. The number of carboxylic acid groups (broad SMARTS) is 1. The third-order valence-corrected chi connectivity index (χ3v) is 2.30. The van der Waals surface area contributed by atoms with Crippen molar-refractivity contribution < 1.29 is 15.0 Å². The van der Waals surface area contributed by atoms with Gasteiger partial charge in [0.05, 0.1) is 6.10 Å². The maximum Gasteiger partial charge on any atom is 0.341 e. The minimum Gasteiger partial charge on any atom is -0.477 e. The predicted octanol–water partition coefficient (Wildman–Crippen LogP) is 1.38. The van der Waals surface area contributed by atoms with Crippen molar-refractivity contribution in [2.24, 2.45) is 5.41 Å². The van der Waals surface area contributed by atoms with Crippen molar-refractivity contribution in [3.05, 3.63) is 18.1 Å². The Labute approximate surface area is 106 Å². The largest absolute Gasteiger partial charge is 0.477 e. The van der Waals surface area contributed by atoms with Crippen LogP contribution in [0.2, 0.25) is 0 Å². The van der Waals surface area contributed by atoms with Crippen LogP contribution >= 0.6 is 0 Å². The molecule has 0 aliphatic carbocycles. The van der Waals surface area contributed by atoms with Crippen LogP contribution in [0.1, 0.15) is 37.6 Å². The fourth-order valence-electron chi connectivity index (χ4n) is 1.62. The first-order chi connectivity index (χ1) is 8.29. The average Bonchev–Trinajstić information content (AvgIpc) is 2.24. The Bertz CT molecular complexity index is 415. The number of nitrogens with one attached hydrogen (secondary N) is 1. The number of aliphatic hydroxyl groups excluding tert-OH is 1. The molecule has 0 fully saturated rings. The highest BCUT2D eigenvalue weighted by atomic mass is 16.4. The summed E-state index contributed by atoms with van der Waals surface area (Å²) in [5.74, 6) is -0.867. The quantitative estimate of drug-likeness (QED) is 0.733. The van der Waals surface area contributed by atoms with Crippen LogP contribution in [0.3, 0.4) is 0 Å². The molecule has 1 heterocycles. The van der Waals surface area contributed by atoms with Crippen molar-refractivity contribution in [2.45, 2.75) is 33.3 Å². The van der Waals surface area contributed by atoms with E-state index in [1.54, 1.807) is 0 Å². The first-order valence-electron chi connectivity index (χ1n) is 5.75. The summed E-state index contributed by atoms with van der Waals surface area (Å²) in [7, 11) is 0. The maximum atomic E-state index is 10.9. The predicted molar refractivity (Wildman–Crippen MR) is 67.6 cm³/mol. The molecule has 6 heteroatoms. The molecule has 1 aromatic rings. The number of hydrogen-bond acceptors (Lipinski definition) is 5. The summed E-state index contributed by atoms with van der Waals surface area (Å²) in [6.45, 7) is 6.35. The second kappa shape index (κ2) is 5.77. The van der Waals surface area contributed by atoms with Gasteiger partial charge in [0.15, 0.2) is 0 Å². The molecule has 18 heavy (non-hydrogen) atoms. The molecule has 1 aromatic heterocycles. The molecule has 0 saturated carbocycles. The van der Waals surface area contributed by atoms with E-state index in [9.17, 15) is 9.90 Å². The lowest BCUT2D eigenvalue weighted by Crippen LogP contribution is -2.26. The van der Waals surface area contributed by atoms with Gasteiger partial charge in [-0.2, -0.15) is 0 Å². The second-order valence-electron chi connectivity index (χ2n) is 5.39. The van der Waals surface area contributed by atoms with Crippen molar-refractivity contribution in [2.75, 3.05) is 11.9 Å². The Kier molecular flexibility index (Phi) is 4.61. The third-order valence-electron chi connectivity index (χ3n) is 2.30. The Morgan fingerprint density at radius 3 is 2.72 bits per heavy atom. The third kappa shape index (κ3) is 4.67. The highest BCUT2D eigenvalue weighted by Crippen LogP contribution is 2.21. The zero-order chi connectivity index (χ0) is 13.8. The summed E-state index contributed by atoms with van der Waals surface area (Å²) in [5, 5.41) is 21.6. The van der Waals surface area contributed by atoms with Gasteiger partial charge in [-0.15, -0.1) is 0 Å². The number of carboxylic acids is 1. The van der Waals surface area contributed by atoms with Gasteiger partial charge in [-0.05, 0) is 11.8 Å². The lowest BCUT2D eigenvalue weighted by Gasteiger charge is -2.22. The van der Waals surface area contributed by atoms with E-state index in [0.717, 1.165) is 0 Å². The van der Waals surface area contributed by atoms with Crippen molar-refractivity contribution in [3.63, 3.8) is 0 Å². The van der Waals surface area contributed by atoms with Gasteiger partial charge >= 0.3 is 5.97 Å². The molecule has 0 aliphatic rings. The smallest absolute Gasteiger partial charge is 0.341 e. The standard InChI is InChI=1S/C12H19N3O3/c1-12(2,3)4-8(16)5-14-10-9(11(17)18)6-13-7-15-10/h6-8,16H,4-5H2,1-3H3,(H,17,18)(H,13,14,15). The molecule has 0 aromatic carbocycles. The monoisotopic (exact) mass is 253 g/mol. The van der Waals surface area contributed by atoms with Gasteiger partial charge in [0.2, 0.25) is 0 Å². The number of hydrogen-bond donors (Lipinski definition) is 3. The van der Waals surface area contributed by atoms with E-state index in [1.807, 2.05) is 20.8 Å². The van der Waals surface area contributed by atoms with Crippen LogP contribution in [0.25, 0.3) is 0 Å². The fourth-order valence-corrected chi connectivity index (χ4v) is 1.62. The highest BCUT2D eigenvalue weighted by molar-refractivity contribution is 5.92. The van der Waals surface area contributed by atoms with Crippen LogP contribution in [-0.2, 0) is 0 Å². The van der Waals surface area contributed by atoms with Crippen LogP contribution in [0.4, 0.5) is 5.82 Å². The minimum absolute atomic E-state index is 0.000425. The zero-order valence-electron chi connectivity index (χ0n) is 10.8. The normalized spacial score (nSPS) is 13.1. The summed E-state index contributed by atoms with van der Waals surface area (Å²) in [6.07, 6.45) is 2.56. The van der Waals surface area contributed by atoms with Crippen LogP contribution in [0.15, 0.2) is 12.5 Å². The molecule has 0 bridgehead atoms. The summed E-state index contributed by atoms with van der Waals surface area (Å²) < 4.78 is 0. The van der Waals surface area contributed by atoms with Crippen molar-refractivity contribution in [1.29, 1.82) is 0 Å². The molecule has 1 rings (SSSR count). The molecule has 0 amide bonds. The first-order valence-corrected chi connectivity index (χ1v) is 5.75. The van der Waals surface area contributed by atoms with Crippen molar-refractivity contribution in [3.8, 4) is 0 Å². The highest BCUT2D eigenvalue weighted by Gasteiger charge is 2.18. The summed E-state index contributed by atoms with van der Waals surface area (Å²) in [4.78, 5) is 18.4. The topological polar surface area (TPSA) is 95.3 Å². The number of rotatable bonds is 5. The molecular weight excluding hydrogens is 234 g/mol. The molecule has 0 aliphatic heterocycles. The van der Waals surface area contributed by atoms with E-state index >= 15 is 0 Å². The first kappa shape index (κ1) is 14.4. The Morgan fingerprint density at radius 2 is 2.17 bits per heavy atom. The molecule has 6 nitrogen and oxygen atoms in total. The minimum atomic E-state index is -1.09. The molecule has 100 valence electrons. The number of carbonyl (C=O) groups is 1. The van der Waals surface area contributed by atoms with Gasteiger partial charge in [0.1, 0.15) is 17.7 Å². The maximum absolute atomic E-state index is 10.9. The van der Waals surface area contributed by atoms with Crippen LogP contribution < -0.4 is 5.32 Å². The summed E-state index contributed by atoms with van der Waals surface area (Å²) >= 11 is 0. The van der Waals surface area contributed by atoms with E-state index in [2.05, 4.69) is 15.3 Å². The van der Waals surface area contributed by atoms with Crippen LogP contribution in [0.5, 0.6) is 0 Å². The lowest BCUT2D eigenvalue weighted by atomic mass is 9.89. The van der Waals surface area contributed by atoms with Crippen LogP contribution in [-0.4, -0.2) is 38.8 Å². The molecule has 0 radical (unpaired) electrons. The van der Waals surface area contributed by atoms with E-state index in [4.69, 9.17) is 5.11 Å². The number of anilines is 1. The van der Waals surface area contributed by atoms with E-state index in [-0.39, 0.29) is 23.3 Å². The molecule has 1 atom stereocenters. The van der Waals surface area contributed by atoms with Crippen LogP contribution in [0, 0.1) is 5.41 Å². The summed E-state index contributed by atoms with van der Waals surface area (Å²) in [6, 6.07) is 0. The lowest BCUT2D eigenvalue weighted by molar-refractivity contribution is 0.0696. The van der Waals surface area contributed by atoms with Crippen molar-refractivity contribution >= 4 is 11.8 Å². The van der Waals surface area contributed by atoms with E-state index in [0.29, 0.717) is 6.42 Å². The average molecular weight is 253 g/mol. The zero-order valence-corrected chi connectivity index (χ0v) is 10.8. The number of nitrogens with zero attached hydrogens (tertiary/aromatic N) is 2. The van der Waals surface area contributed by atoms with Gasteiger partial charge in [-0.1, -0.05) is 20.8 Å². The Balaban J connectivity index is 2.61. The van der Waals surface area contributed by atoms with Gasteiger partial charge in [0, 0.05) is 12.7 Å². The number of aromatic carboxylic acids is 1. The number of aliphatic hydroxyl groups is 1. The Morgan fingerprint density at radius 1 is 1.50 bits per heavy atom. The molecule has 0 spiro atoms. The molecule has 0 saturated heterocycles. The van der Waals surface area contributed by atoms with Gasteiger partial charge in [-0.3, -0.25) is 0 Å². The van der Waals surface area contributed by atoms with Gasteiger partial charge < -0.3 is 15.5 Å². The summed E-state index contributed by atoms with van der Waals surface area (Å²) in [5.41, 5.74) is 0.0167. The second-order valence-corrected chi connectivity index (χ2v) is 5.39. The van der Waals surface area contributed by atoms with E-state index < -0.39 is 12.1 Å². The fraction of sp³-hybridized carbons (Fsp3) is 0.583. The van der Waals surface area contributed by atoms with Gasteiger partial charge in [-0.25, -0.2) is 14.8 Å².